The lowest BCUT2D eigenvalue weighted by Gasteiger charge is -2.15. The fraction of sp³-hybridized carbons (Fsp3) is 0.316. The van der Waals surface area contributed by atoms with Crippen LogP contribution in [-0.2, 0) is 14.8 Å². The third-order valence-corrected chi connectivity index (χ3v) is 5.57. The zero-order valence-corrected chi connectivity index (χ0v) is 17.9. The van der Waals surface area contributed by atoms with Gasteiger partial charge in [0.1, 0.15) is 5.75 Å². The van der Waals surface area contributed by atoms with Crippen molar-refractivity contribution < 1.29 is 17.9 Å². The number of aryl methyl sites for hydroxylation is 1. The molecule has 0 spiro atoms. The number of benzene rings is 2. The Labute approximate surface area is 172 Å². The molecule has 7 nitrogen and oxygen atoms in total. The number of hydrogen-bond donors (Lipinski definition) is 3. The summed E-state index contributed by atoms with van der Waals surface area (Å²) in [5.41, 5.74) is 1.44. The Morgan fingerprint density at radius 3 is 2.29 bits per heavy atom. The summed E-state index contributed by atoms with van der Waals surface area (Å²) < 4.78 is 33.2. The van der Waals surface area contributed by atoms with Gasteiger partial charge in [0.15, 0.2) is 0 Å². The van der Waals surface area contributed by atoms with Gasteiger partial charge in [-0.25, -0.2) is 8.42 Å². The average Bonchev–Trinajstić information content (AvgIpc) is 2.63. The van der Waals surface area contributed by atoms with Crippen molar-refractivity contribution in [2.24, 2.45) is 5.92 Å². The molecule has 2 rings (SSSR count). The summed E-state index contributed by atoms with van der Waals surface area (Å²) in [5, 5.41) is 5.70. The minimum absolute atomic E-state index is 0. The van der Waals surface area contributed by atoms with Gasteiger partial charge in [0, 0.05) is 23.8 Å². The lowest BCUT2D eigenvalue weighted by Crippen LogP contribution is -2.28. The van der Waals surface area contributed by atoms with Crippen LogP contribution in [0.15, 0.2) is 47.4 Å². The highest BCUT2D eigenvalue weighted by atomic mass is 35.5. The van der Waals surface area contributed by atoms with Crippen LogP contribution in [0.5, 0.6) is 5.75 Å². The van der Waals surface area contributed by atoms with E-state index in [-0.39, 0.29) is 29.1 Å². The second kappa shape index (κ2) is 10.3. The van der Waals surface area contributed by atoms with Gasteiger partial charge in [-0.1, -0.05) is 13.0 Å². The first-order valence-electron chi connectivity index (χ1n) is 8.50. The molecule has 0 heterocycles. The average molecular weight is 428 g/mol. The smallest absolute Gasteiger partial charge is 0.262 e. The van der Waals surface area contributed by atoms with E-state index in [1.165, 1.54) is 6.07 Å². The van der Waals surface area contributed by atoms with Gasteiger partial charge < -0.3 is 15.4 Å². The quantitative estimate of drug-likeness (QED) is 0.601. The molecule has 0 saturated heterocycles. The summed E-state index contributed by atoms with van der Waals surface area (Å²) in [6.07, 6.45) is 0. The number of halogens is 1. The molecule has 0 bridgehead atoms. The Bertz CT molecular complexity index is 902. The number of carbonyl (C=O) groups excluding carboxylic acids is 1. The van der Waals surface area contributed by atoms with Gasteiger partial charge in [0.05, 0.1) is 12.0 Å². The molecule has 1 atom stereocenters. The molecule has 9 heteroatoms. The summed E-state index contributed by atoms with van der Waals surface area (Å²) in [6, 6.07) is 11.4. The van der Waals surface area contributed by atoms with Crippen LogP contribution >= 0.6 is 12.4 Å². The molecule has 0 fully saturated rings. The number of ether oxygens (including phenoxy) is 1. The van der Waals surface area contributed by atoms with Crippen LogP contribution < -0.4 is 20.1 Å². The Hall–Kier alpha value is -2.29. The van der Waals surface area contributed by atoms with Crippen molar-refractivity contribution in [3.05, 3.63) is 48.0 Å². The summed E-state index contributed by atoms with van der Waals surface area (Å²) in [7, 11) is -0.496. The number of anilines is 2. The fourth-order valence-electron chi connectivity index (χ4n) is 2.50. The van der Waals surface area contributed by atoms with Crippen molar-refractivity contribution in [3.8, 4) is 5.75 Å². The van der Waals surface area contributed by atoms with Crippen LogP contribution in [0.2, 0.25) is 0 Å². The first kappa shape index (κ1) is 23.7. The van der Waals surface area contributed by atoms with Crippen molar-refractivity contribution in [3.63, 3.8) is 0 Å². The van der Waals surface area contributed by atoms with E-state index in [9.17, 15) is 13.2 Å². The molecule has 2 aromatic rings. The fourth-order valence-corrected chi connectivity index (χ4v) is 3.83. The van der Waals surface area contributed by atoms with Gasteiger partial charge in [0.2, 0.25) is 5.91 Å². The zero-order valence-electron chi connectivity index (χ0n) is 16.3. The lowest BCUT2D eigenvalue weighted by molar-refractivity contribution is -0.119. The molecule has 0 aliphatic carbocycles. The van der Waals surface area contributed by atoms with Gasteiger partial charge in [0.25, 0.3) is 10.0 Å². The number of methoxy groups -OCH3 is 1. The number of amides is 1. The van der Waals surface area contributed by atoms with Crippen LogP contribution in [0.25, 0.3) is 0 Å². The van der Waals surface area contributed by atoms with Gasteiger partial charge in [-0.05, 0) is 55.9 Å². The third-order valence-electron chi connectivity index (χ3n) is 4.05. The van der Waals surface area contributed by atoms with Gasteiger partial charge >= 0.3 is 0 Å². The largest absolute Gasteiger partial charge is 0.497 e. The van der Waals surface area contributed by atoms with Crippen molar-refractivity contribution in [1.82, 2.24) is 5.32 Å². The Balaban J connectivity index is 0.00000392. The van der Waals surface area contributed by atoms with Gasteiger partial charge in [-0.3, -0.25) is 9.52 Å². The number of hydrogen-bond acceptors (Lipinski definition) is 5. The normalized spacial score (nSPS) is 11.9. The number of sulfonamides is 1. The maximum atomic E-state index is 12.8. The number of nitrogens with one attached hydrogen (secondary N) is 3. The molecule has 154 valence electrons. The first-order chi connectivity index (χ1) is 12.8. The van der Waals surface area contributed by atoms with Gasteiger partial charge in [-0.15, -0.1) is 12.4 Å². The molecule has 0 aliphatic rings. The van der Waals surface area contributed by atoms with E-state index in [0.717, 1.165) is 0 Å². The van der Waals surface area contributed by atoms with Crippen LogP contribution in [0, 0.1) is 12.8 Å². The standard InChI is InChI=1S/C19H25N3O4S.ClH/c1-13-5-6-16(21-19(23)14(2)12-20-3)11-18(13)27(24,25)22-15-7-9-17(26-4)10-8-15;/h5-11,14,20,22H,12H2,1-4H3,(H,21,23);1H. The highest BCUT2D eigenvalue weighted by Gasteiger charge is 2.19. The van der Waals surface area contributed by atoms with Crippen LogP contribution in [0.3, 0.4) is 0 Å². The molecule has 0 aromatic heterocycles. The topological polar surface area (TPSA) is 96.5 Å². The van der Waals surface area contributed by atoms with E-state index in [2.05, 4.69) is 15.4 Å². The molecule has 3 N–H and O–H groups in total. The molecule has 1 amide bonds. The van der Waals surface area contributed by atoms with Crippen LogP contribution in [0.1, 0.15) is 12.5 Å². The predicted octanol–water partition coefficient (Wildman–Crippen LogP) is 3.02. The minimum Gasteiger partial charge on any atom is -0.497 e. The first-order valence-corrected chi connectivity index (χ1v) is 9.98. The predicted molar refractivity (Wildman–Crippen MR) is 114 cm³/mol. The van der Waals surface area contributed by atoms with Crippen LogP contribution in [-0.4, -0.2) is 35.0 Å². The van der Waals surface area contributed by atoms with Gasteiger partial charge in [-0.2, -0.15) is 0 Å². The molecule has 0 aliphatic heterocycles. The molecule has 2 aromatic carbocycles. The summed E-state index contributed by atoms with van der Waals surface area (Å²) in [6.45, 7) is 4.03. The summed E-state index contributed by atoms with van der Waals surface area (Å²) in [5.74, 6) is 0.211. The SMILES string of the molecule is CNCC(C)C(=O)Nc1ccc(C)c(S(=O)(=O)Nc2ccc(OC)cc2)c1.Cl. The van der Waals surface area contributed by atoms with Crippen LogP contribution in [0.4, 0.5) is 11.4 Å². The van der Waals surface area contributed by atoms with E-state index in [1.54, 1.807) is 64.4 Å². The number of carbonyl (C=O) groups is 1. The second-order valence-corrected chi connectivity index (χ2v) is 7.91. The minimum atomic E-state index is -3.81. The third kappa shape index (κ3) is 6.12. The van der Waals surface area contributed by atoms with E-state index in [4.69, 9.17) is 4.74 Å². The van der Waals surface area contributed by atoms with E-state index < -0.39 is 10.0 Å². The van der Waals surface area contributed by atoms with Crippen molar-refractivity contribution in [2.75, 3.05) is 30.7 Å². The summed E-state index contributed by atoms with van der Waals surface area (Å²) >= 11 is 0. The summed E-state index contributed by atoms with van der Waals surface area (Å²) in [4.78, 5) is 12.3. The number of rotatable bonds is 8. The molecular formula is C19H26ClN3O4S. The maximum absolute atomic E-state index is 12.8. The second-order valence-electron chi connectivity index (χ2n) is 6.26. The molecule has 0 saturated carbocycles. The Kier molecular flexibility index (Phi) is 8.74. The van der Waals surface area contributed by atoms with E-state index >= 15 is 0 Å². The Morgan fingerprint density at radius 1 is 1.11 bits per heavy atom. The van der Waals surface area contributed by atoms with Crippen molar-refractivity contribution >= 4 is 39.7 Å². The monoisotopic (exact) mass is 427 g/mol. The maximum Gasteiger partial charge on any atom is 0.262 e. The highest BCUT2D eigenvalue weighted by Crippen LogP contribution is 2.24. The zero-order chi connectivity index (χ0) is 20.0. The highest BCUT2D eigenvalue weighted by molar-refractivity contribution is 7.92. The molecular weight excluding hydrogens is 402 g/mol. The Morgan fingerprint density at radius 2 is 1.71 bits per heavy atom. The molecule has 0 radical (unpaired) electrons. The van der Waals surface area contributed by atoms with Crippen molar-refractivity contribution in [1.29, 1.82) is 0 Å². The lowest BCUT2D eigenvalue weighted by atomic mass is 10.1. The molecule has 28 heavy (non-hydrogen) atoms. The van der Waals surface area contributed by atoms with E-state index in [0.29, 0.717) is 29.2 Å². The molecule has 1 unspecified atom stereocenters. The van der Waals surface area contributed by atoms with Crippen molar-refractivity contribution in [2.45, 2.75) is 18.7 Å². The van der Waals surface area contributed by atoms with E-state index in [1.807, 2.05) is 0 Å².